The van der Waals surface area contributed by atoms with Gasteiger partial charge in [0.15, 0.2) is 0 Å². The predicted molar refractivity (Wildman–Crippen MR) is 116 cm³/mol. The molecular formula is C26H22O2. The van der Waals surface area contributed by atoms with Crippen molar-refractivity contribution in [2.75, 3.05) is 14.2 Å². The molecule has 0 saturated heterocycles. The Kier molecular flexibility index (Phi) is 5.11. The number of benzene rings is 3. The van der Waals surface area contributed by atoms with Crippen LogP contribution in [0, 0.1) is 0 Å². The average molecular weight is 366 g/mol. The Hall–Kier alpha value is -3.52. The smallest absolute Gasteiger partial charge is 0.123 e. The van der Waals surface area contributed by atoms with E-state index in [1.165, 1.54) is 27.8 Å². The number of methoxy groups -OCH3 is 2. The third-order valence-electron chi connectivity index (χ3n) is 4.81. The van der Waals surface area contributed by atoms with Gasteiger partial charge in [0, 0.05) is 6.07 Å². The first-order valence-corrected chi connectivity index (χ1v) is 9.26. The topological polar surface area (TPSA) is 18.5 Å². The van der Waals surface area contributed by atoms with Gasteiger partial charge < -0.3 is 9.47 Å². The highest BCUT2D eigenvalue weighted by Crippen LogP contribution is 2.38. The molecule has 0 bridgehead atoms. The first-order chi connectivity index (χ1) is 13.8. The number of rotatable bonds is 5. The Bertz CT molecular complexity index is 1040. The molecule has 0 N–H and O–H groups in total. The van der Waals surface area contributed by atoms with E-state index in [-0.39, 0.29) is 0 Å². The Morgan fingerprint density at radius 3 is 1.79 bits per heavy atom. The lowest BCUT2D eigenvalue weighted by molar-refractivity contribution is 0.394. The van der Waals surface area contributed by atoms with Gasteiger partial charge in [-0.05, 0) is 63.8 Å². The molecule has 0 unspecified atom stereocenters. The third-order valence-corrected chi connectivity index (χ3v) is 4.81. The second-order valence-electron chi connectivity index (χ2n) is 6.64. The predicted octanol–water partition coefficient (Wildman–Crippen LogP) is 6.27. The molecule has 0 spiro atoms. The normalized spacial score (nSPS) is 14.6. The van der Waals surface area contributed by atoms with Gasteiger partial charge >= 0.3 is 0 Å². The lowest BCUT2D eigenvalue weighted by atomic mass is 9.99. The minimum atomic E-state index is 0.779. The first kappa shape index (κ1) is 17.9. The molecule has 0 radical (unpaired) electrons. The summed E-state index contributed by atoms with van der Waals surface area (Å²) in [5.41, 5.74) is 7.04. The fourth-order valence-electron chi connectivity index (χ4n) is 3.40. The molecule has 0 heterocycles. The van der Waals surface area contributed by atoms with Crippen molar-refractivity contribution < 1.29 is 9.47 Å². The zero-order chi connectivity index (χ0) is 19.3. The lowest BCUT2D eigenvalue weighted by Gasteiger charge is -2.08. The standard InChI is InChI=1S/C26H22O2/c1-27-24-14-19(15-25(18-24)28-2)13-23-16-22(20-9-5-3-6-10-20)17-26(23)21-11-7-4-8-12-21/h3-18H,1-2H3/b23-13+. The summed E-state index contributed by atoms with van der Waals surface area (Å²) in [7, 11) is 3.34. The Balaban J connectivity index is 1.82. The van der Waals surface area contributed by atoms with E-state index in [9.17, 15) is 0 Å². The molecule has 4 rings (SSSR count). The zero-order valence-corrected chi connectivity index (χ0v) is 16.1. The van der Waals surface area contributed by atoms with Crippen molar-refractivity contribution in [3.63, 3.8) is 0 Å². The molecule has 0 fully saturated rings. The van der Waals surface area contributed by atoms with Crippen LogP contribution in [0.15, 0.2) is 96.6 Å². The average Bonchev–Trinajstić information content (AvgIpc) is 3.18. The van der Waals surface area contributed by atoms with Crippen LogP contribution in [0.2, 0.25) is 0 Å². The van der Waals surface area contributed by atoms with Gasteiger partial charge in [-0.15, -0.1) is 0 Å². The minimum Gasteiger partial charge on any atom is -0.497 e. The van der Waals surface area contributed by atoms with Gasteiger partial charge in [0.1, 0.15) is 11.5 Å². The summed E-state index contributed by atoms with van der Waals surface area (Å²) in [5, 5.41) is 0. The van der Waals surface area contributed by atoms with Crippen LogP contribution >= 0.6 is 0 Å². The lowest BCUT2D eigenvalue weighted by Crippen LogP contribution is -1.89. The summed E-state index contributed by atoms with van der Waals surface area (Å²) in [6.45, 7) is 0. The molecule has 0 aliphatic heterocycles. The molecular weight excluding hydrogens is 344 g/mol. The molecule has 2 heteroatoms. The van der Waals surface area contributed by atoms with Crippen molar-refractivity contribution in [1.82, 2.24) is 0 Å². The highest BCUT2D eigenvalue weighted by Gasteiger charge is 2.16. The van der Waals surface area contributed by atoms with Gasteiger partial charge in [-0.2, -0.15) is 0 Å². The second-order valence-corrected chi connectivity index (χ2v) is 6.64. The molecule has 1 aliphatic carbocycles. The van der Waals surface area contributed by atoms with Crippen LogP contribution in [-0.2, 0) is 0 Å². The van der Waals surface area contributed by atoms with Crippen LogP contribution in [0.3, 0.4) is 0 Å². The largest absolute Gasteiger partial charge is 0.497 e. The van der Waals surface area contributed by atoms with E-state index >= 15 is 0 Å². The van der Waals surface area contributed by atoms with Gasteiger partial charge in [-0.3, -0.25) is 0 Å². The van der Waals surface area contributed by atoms with Crippen molar-refractivity contribution in [2.45, 2.75) is 0 Å². The van der Waals surface area contributed by atoms with E-state index in [2.05, 4.69) is 66.8 Å². The van der Waals surface area contributed by atoms with E-state index in [4.69, 9.17) is 9.47 Å². The van der Waals surface area contributed by atoms with Crippen LogP contribution in [0.5, 0.6) is 11.5 Å². The van der Waals surface area contributed by atoms with Gasteiger partial charge in [0.25, 0.3) is 0 Å². The third kappa shape index (κ3) is 3.77. The van der Waals surface area contributed by atoms with Gasteiger partial charge in [-0.1, -0.05) is 60.7 Å². The summed E-state index contributed by atoms with van der Waals surface area (Å²) in [6.07, 6.45) is 6.68. The van der Waals surface area contributed by atoms with E-state index in [1.54, 1.807) is 14.2 Å². The molecule has 3 aromatic rings. The Morgan fingerprint density at radius 1 is 0.643 bits per heavy atom. The van der Waals surface area contributed by atoms with Crippen LogP contribution in [0.4, 0.5) is 0 Å². The van der Waals surface area contributed by atoms with Crippen LogP contribution in [0.1, 0.15) is 16.7 Å². The molecule has 3 aromatic carbocycles. The van der Waals surface area contributed by atoms with E-state index in [0.717, 1.165) is 17.1 Å². The van der Waals surface area contributed by atoms with Crippen molar-refractivity contribution >= 4 is 17.2 Å². The molecule has 1 aliphatic rings. The van der Waals surface area contributed by atoms with E-state index in [0.29, 0.717) is 0 Å². The van der Waals surface area contributed by atoms with E-state index < -0.39 is 0 Å². The summed E-state index contributed by atoms with van der Waals surface area (Å²) in [4.78, 5) is 0. The maximum Gasteiger partial charge on any atom is 0.123 e. The van der Waals surface area contributed by atoms with Gasteiger partial charge in [-0.25, -0.2) is 0 Å². The maximum absolute atomic E-state index is 5.42. The highest BCUT2D eigenvalue weighted by molar-refractivity contribution is 6.02. The maximum atomic E-state index is 5.42. The summed E-state index contributed by atoms with van der Waals surface area (Å²) >= 11 is 0. The molecule has 28 heavy (non-hydrogen) atoms. The number of hydrogen-bond acceptors (Lipinski definition) is 2. The number of ether oxygens (including phenoxy) is 2. The van der Waals surface area contributed by atoms with Gasteiger partial charge in [0.2, 0.25) is 0 Å². The van der Waals surface area contributed by atoms with Crippen molar-refractivity contribution in [2.24, 2.45) is 0 Å². The Labute approximate surface area is 166 Å². The molecule has 0 aromatic heterocycles. The van der Waals surface area contributed by atoms with Crippen molar-refractivity contribution in [1.29, 1.82) is 0 Å². The summed E-state index contributed by atoms with van der Waals surface area (Å²) in [5.74, 6) is 1.56. The minimum absolute atomic E-state index is 0.779. The van der Waals surface area contributed by atoms with Crippen LogP contribution in [0.25, 0.3) is 17.2 Å². The fourth-order valence-corrected chi connectivity index (χ4v) is 3.40. The molecule has 0 amide bonds. The SMILES string of the molecule is COc1cc(/C=C2\C=C(c3ccccc3)C=C2c2ccccc2)cc(OC)c1. The van der Waals surface area contributed by atoms with Gasteiger partial charge in [0.05, 0.1) is 14.2 Å². The molecule has 138 valence electrons. The van der Waals surface area contributed by atoms with Crippen LogP contribution in [-0.4, -0.2) is 14.2 Å². The molecule has 0 saturated carbocycles. The number of hydrogen-bond donors (Lipinski definition) is 0. The first-order valence-electron chi connectivity index (χ1n) is 9.26. The monoisotopic (exact) mass is 366 g/mol. The highest BCUT2D eigenvalue weighted by atomic mass is 16.5. The Morgan fingerprint density at radius 2 is 1.21 bits per heavy atom. The molecule has 2 nitrogen and oxygen atoms in total. The van der Waals surface area contributed by atoms with Crippen molar-refractivity contribution in [3.8, 4) is 11.5 Å². The van der Waals surface area contributed by atoms with E-state index in [1.807, 2.05) is 30.3 Å². The quantitative estimate of drug-likeness (QED) is 0.530. The molecule has 0 atom stereocenters. The summed E-state index contributed by atoms with van der Waals surface area (Å²) < 4.78 is 10.8. The fraction of sp³-hybridized carbons (Fsp3) is 0.0769. The van der Waals surface area contributed by atoms with Crippen molar-refractivity contribution in [3.05, 3.63) is 113 Å². The van der Waals surface area contributed by atoms with Crippen LogP contribution < -0.4 is 9.47 Å². The number of allylic oxidation sites excluding steroid dienone is 5. The second kappa shape index (κ2) is 8.01. The summed E-state index contributed by atoms with van der Waals surface area (Å²) in [6, 6.07) is 26.9. The zero-order valence-electron chi connectivity index (χ0n) is 16.1.